The first-order valence-corrected chi connectivity index (χ1v) is 8.25. The van der Waals surface area contributed by atoms with Gasteiger partial charge in [-0.05, 0) is 42.8 Å². The molecule has 1 atom stereocenters. The minimum Gasteiger partial charge on any atom is -0.489 e. The van der Waals surface area contributed by atoms with Crippen LogP contribution in [0.15, 0.2) is 42.6 Å². The van der Waals surface area contributed by atoms with E-state index in [1.165, 1.54) is 0 Å². The van der Waals surface area contributed by atoms with Crippen molar-refractivity contribution >= 4 is 16.6 Å². The molecule has 4 rings (SSSR count). The Morgan fingerprint density at radius 3 is 2.85 bits per heavy atom. The highest BCUT2D eigenvalue weighted by Gasteiger charge is 2.24. The third kappa shape index (κ3) is 3.25. The third-order valence-corrected chi connectivity index (χ3v) is 4.22. The number of epoxide rings is 1. The molecule has 6 heteroatoms. The normalized spacial score (nSPS) is 15.5. The SMILES string of the molecule is Cc1cc(Oc2ccnc3cc(OC[C@H]4CO4)c(C#N)cc23)ccc1N. The minimum absolute atomic E-state index is 0.119. The highest BCUT2D eigenvalue weighted by molar-refractivity contribution is 5.88. The zero-order valence-corrected chi connectivity index (χ0v) is 14.2. The summed E-state index contributed by atoms with van der Waals surface area (Å²) in [6.45, 7) is 3.06. The zero-order valence-electron chi connectivity index (χ0n) is 14.2. The molecule has 2 N–H and O–H groups in total. The molecule has 0 amide bonds. The standard InChI is InChI=1S/C20H17N3O3/c1-12-6-14(2-3-17(12)22)26-19-4-5-23-18-8-20(25-11-15-10-24-15)13(9-21)7-16(18)19/h2-8,15H,10-11,22H2,1H3/t15-/m1/s1. The number of nitrogen functional groups attached to an aromatic ring is 1. The van der Waals surface area contributed by atoms with Crippen LogP contribution in [0.5, 0.6) is 17.2 Å². The maximum absolute atomic E-state index is 9.47. The molecule has 1 saturated heterocycles. The summed E-state index contributed by atoms with van der Waals surface area (Å²) in [6, 6.07) is 12.9. The Kier molecular flexibility index (Phi) is 4.07. The van der Waals surface area contributed by atoms with Crippen molar-refractivity contribution < 1.29 is 14.2 Å². The Bertz CT molecular complexity index is 1020. The fraction of sp³-hybridized carbons (Fsp3) is 0.200. The summed E-state index contributed by atoms with van der Waals surface area (Å²) in [6.07, 6.45) is 1.79. The van der Waals surface area contributed by atoms with E-state index in [0.29, 0.717) is 47.2 Å². The number of ether oxygens (including phenoxy) is 3. The molecule has 130 valence electrons. The monoisotopic (exact) mass is 347 g/mol. The minimum atomic E-state index is 0.119. The Balaban J connectivity index is 1.70. The van der Waals surface area contributed by atoms with Crippen molar-refractivity contribution in [2.24, 2.45) is 0 Å². The molecule has 3 aromatic rings. The predicted octanol–water partition coefficient (Wildman–Crippen LogP) is 3.57. The number of nitrogens with zero attached hydrogens (tertiary/aromatic N) is 2. The Labute approximate surface area is 150 Å². The van der Waals surface area contributed by atoms with Gasteiger partial charge in [-0.15, -0.1) is 0 Å². The van der Waals surface area contributed by atoms with E-state index >= 15 is 0 Å². The molecule has 0 aliphatic carbocycles. The number of aromatic nitrogens is 1. The molecule has 1 aromatic heterocycles. The smallest absolute Gasteiger partial charge is 0.139 e. The number of rotatable bonds is 5. The van der Waals surface area contributed by atoms with Gasteiger partial charge in [-0.3, -0.25) is 4.98 Å². The molecule has 1 aliphatic rings. The van der Waals surface area contributed by atoms with Crippen LogP contribution in [0.2, 0.25) is 0 Å². The Morgan fingerprint density at radius 2 is 2.12 bits per heavy atom. The van der Waals surface area contributed by atoms with Crippen LogP contribution in [0.1, 0.15) is 11.1 Å². The van der Waals surface area contributed by atoms with Crippen LogP contribution in [0, 0.1) is 18.3 Å². The van der Waals surface area contributed by atoms with E-state index in [9.17, 15) is 5.26 Å². The number of anilines is 1. The quantitative estimate of drug-likeness (QED) is 0.560. The first kappa shape index (κ1) is 16.2. The van der Waals surface area contributed by atoms with Gasteiger partial charge in [-0.25, -0.2) is 0 Å². The van der Waals surface area contributed by atoms with E-state index in [1.54, 1.807) is 30.5 Å². The second-order valence-electron chi connectivity index (χ2n) is 6.17. The van der Waals surface area contributed by atoms with Gasteiger partial charge in [0.25, 0.3) is 0 Å². The van der Waals surface area contributed by atoms with E-state index in [4.69, 9.17) is 19.9 Å². The van der Waals surface area contributed by atoms with Crippen molar-refractivity contribution in [1.82, 2.24) is 4.98 Å². The third-order valence-electron chi connectivity index (χ3n) is 4.22. The summed E-state index contributed by atoms with van der Waals surface area (Å²) in [5, 5.41) is 10.2. The fourth-order valence-corrected chi connectivity index (χ4v) is 2.63. The molecule has 26 heavy (non-hydrogen) atoms. The molecule has 0 unspecified atom stereocenters. The average molecular weight is 347 g/mol. The lowest BCUT2D eigenvalue weighted by molar-refractivity contribution is 0.262. The molecule has 6 nitrogen and oxygen atoms in total. The van der Waals surface area contributed by atoms with E-state index in [0.717, 1.165) is 10.9 Å². The van der Waals surface area contributed by atoms with Gasteiger partial charge in [0.2, 0.25) is 0 Å². The largest absolute Gasteiger partial charge is 0.489 e. The summed E-state index contributed by atoms with van der Waals surface area (Å²) >= 11 is 0. The van der Waals surface area contributed by atoms with Gasteiger partial charge in [-0.2, -0.15) is 5.26 Å². The molecular weight excluding hydrogens is 330 g/mol. The molecule has 0 radical (unpaired) electrons. The lowest BCUT2D eigenvalue weighted by Crippen LogP contribution is -2.05. The van der Waals surface area contributed by atoms with E-state index in [-0.39, 0.29) is 6.10 Å². The Hall–Kier alpha value is -3.30. The molecule has 2 aromatic carbocycles. The lowest BCUT2D eigenvalue weighted by Gasteiger charge is -2.12. The van der Waals surface area contributed by atoms with E-state index < -0.39 is 0 Å². The van der Waals surface area contributed by atoms with Gasteiger partial charge in [0, 0.05) is 23.3 Å². The highest BCUT2D eigenvalue weighted by Crippen LogP contribution is 2.34. The molecule has 0 spiro atoms. The van der Waals surface area contributed by atoms with E-state index in [1.807, 2.05) is 19.1 Å². The number of aryl methyl sites for hydroxylation is 1. The second kappa shape index (κ2) is 6.54. The summed E-state index contributed by atoms with van der Waals surface area (Å²) in [4.78, 5) is 4.37. The van der Waals surface area contributed by atoms with Gasteiger partial charge in [0.05, 0.1) is 17.7 Å². The van der Waals surface area contributed by atoms with Crippen molar-refractivity contribution in [2.75, 3.05) is 18.9 Å². The average Bonchev–Trinajstić information content (AvgIpc) is 3.47. The number of fused-ring (bicyclic) bond motifs is 1. The molecule has 2 heterocycles. The number of nitriles is 1. The van der Waals surface area contributed by atoms with Crippen molar-refractivity contribution in [3.8, 4) is 23.3 Å². The van der Waals surface area contributed by atoms with Crippen molar-refractivity contribution in [1.29, 1.82) is 5.26 Å². The molecule has 0 bridgehead atoms. The van der Waals surface area contributed by atoms with Gasteiger partial charge in [0.15, 0.2) is 0 Å². The predicted molar refractivity (Wildman–Crippen MR) is 97.4 cm³/mol. The van der Waals surface area contributed by atoms with Gasteiger partial charge in [0.1, 0.15) is 36.0 Å². The summed E-state index contributed by atoms with van der Waals surface area (Å²) in [5.74, 6) is 1.80. The van der Waals surface area contributed by atoms with E-state index in [2.05, 4.69) is 11.1 Å². The number of benzene rings is 2. The summed E-state index contributed by atoms with van der Waals surface area (Å²) in [5.41, 5.74) is 8.64. The maximum Gasteiger partial charge on any atom is 0.139 e. The second-order valence-corrected chi connectivity index (χ2v) is 6.17. The topological polar surface area (TPSA) is 93.7 Å². The maximum atomic E-state index is 9.47. The number of nitrogens with two attached hydrogens (primary N) is 1. The first-order valence-electron chi connectivity index (χ1n) is 8.25. The van der Waals surface area contributed by atoms with Crippen LogP contribution in [0.25, 0.3) is 10.9 Å². The zero-order chi connectivity index (χ0) is 18.1. The van der Waals surface area contributed by atoms with Gasteiger partial charge < -0.3 is 19.9 Å². The van der Waals surface area contributed by atoms with Gasteiger partial charge in [-0.1, -0.05) is 0 Å². The van der Waals surface area contributed by atoms with Crippen molar-refractivity contribution in [3.63, 3.8) is 0 Å². The van der Waals surface area contributed by atoms with Gasteiger partial charge >= 0.3 is 0 Å². The summed E-state index contributed by atoms with van der Waals surface area (Å²) < 4.78 is 16.9. The van der Waals surface area contributed by atoms with Crippen LogP contribution in [0.3, 0.4) is 0 Å². The van der Waals surface area contributed by atoms with Crippen LogP contribution in [-0.4, -0.2) is 24.3 Å². The van der Waals surface area contributed by atoms with Crippen molar-refractivity contribution in [3.05, 3.63) is 53.7 Å². The first-order chi connectivity index (χ1) is 12.6. The fourth-order valence-electron chi connectivity index (χ4n) is 2.63. The Morgan fingerprint density at radius 1 is 1.27 bits per heavy atom. The van der Waals surface area contributed by atoms with Crippen LogP contribution >= 0.6 is 0 Å². The summed E-state index contributed by atoms with van der Waals surface area (Å²) in [7, 11) is 0. The number of hydrogen-bond acceptors (Lipinski definition) is 6. The lowest BCUT2D eigenvalue weighted by atomic mass is 10.1. The highest BCUT2D eigenvalue weighted by atomic mass is 16.6. The van der Waals surface area contributed by atoms with Crippen LogP contribution < -0.4 is 15.2 Å². The molecule has 1 aliphatic heterocycles. The number of pyridine rings is 1. The van der Waals surface area contributed by atoms with Crippen LogP contribution in [0.4, 0.5) is 5.69 Å². The number of hydrogen-bond donors (Lipinski definition) is 1. The molecule has 1 fully saturated rings. The molecular formula is C20H17N3O3. The van der Waals surface area contributed by atoms with Crippen molar-refractivity contribution in [2.45, 2.75) is 13.0 Å². The molecule has 0 saturated carbocycles. The van der Waals surface area contributed by atoms with Crippen LogP contribution in [-0.2, 0) is 4.74 Å².